The Kier molecular flexibility index (Phi) is 2.10. The van der Waals surface area contributed by atoms with Crippen LogP contribution >= 0.6 is 0 Å². The number of nitrogens with zero attached hydrogens (tertiary/aromatic N) is 3. The molecule has 14 heavy (non-hydrogen) atoms. The topological polar surface area (TPSA) is 64.7 Å². The first kappa shape index (κ1) is 8.62. The number of pyridine rings is 1. The Labute approximate surface area is 81.9 Å². The van der Waals surface area contributed by atoms with Crippen LogP contribution in [-0.4, -0.2) is 15.0 Å². The van der Waals surface area contributed by atoms with Gasteiger partial charge in [-0.1, -0.05) is 6.07 Å². The summed E-state index contributed by atoms with van der Waals surface area (Å²) in [7, 11) is 0. The Bertz CT molecular complexity index is 419. The minimum Gasteiger partial charge on any atom is -0.384 e. The standard InChI is InChI=1S/C10H10N4/c1-7-13-9(6-10(11)14-7)8-4-2-3-5-12-8/h2-6H,1H3,(H2,11,13,14). The maximum Gasteiger partial charge on any atom is 0.128 e. The highest BCUT2D eigenvalue weighted by Gasteiger charge is 2.02. The summed E-state index contributed by atoms with van der Waals surface area (Å²) in [4.78, 5) is 12.4. The van der Waals surface area contributed by atoms with E-state index >= 15 is 0 Å². The van der Waals surface area contributed by atoms with Crippen molar-refractivity contribution in [1.29, 1.82) is 0 Å². The van der Waals surface area contributed by atoms with Crippen molar-refractivity contribution in [3.05, 3.63) is 36.3 Å². The summed E-state index contributed by atoms with van der Waals surface area (Å²) in [6.07, 6.45) is 1.73. The van der Waals surface area contributed by atoms with E-state index in [1.807, 2.05) is 25.1 Å². The van der Waals surface area contributed by atoms with Crippen LogP contribution in [0.4, 0.5) is 5.82 Å². The molecular formula is C10H10N4. The third kappa shape index (κ3) is 1.69. The van der Waals surface area contributed by atoms with Crippen molar-refractivity contribution in [3.63, 3.8) is 0 Å². The van der Waals surface area contributed by atoms with Crippen LogP contribution in [0, 0.1) is 6.92 Å². The highest BCUT2D eigenvalue weighted by atomic mass is 14.9. The van der Waals surface area contributed by atoms with E-state index < -0.39 is 0 Å². The Morgan fingerprint density at radius 2 is 2.00 bits per heavy atom. The van der Waals surface area contributed by atoms with Crippen molar-refractivity contribution in [2.45, 2.75) is 6.92 Å². The lowest BCUT2D eigenvalue weighted by Crippen LogP contribution is -1.97. The van der Waals surface area contributed by atoms with Gasteiger partial charge in [0.25, 0.3) is 0 Å². The lowest BCUT2D eigenvalue weighted by atomic mass is 10.2. The Morgan fingerprint density at radius 1 is 1.14 bits per heavy atom. The van der Waals surface area contributed by atoms with E-state index in [1.54, 1.807) is 12.3 Å². The summed E-state index contributed by atoms with van der Waals surface area (Å²) in [5, 5.41) is 0. The number of hydrogen-bond acceptors (Lipinski definition) is 4. The number of aromatic nitrogens is 3. The maximum absolute atomic E-state index is 5.62. The smallest absolute Gasteiger partial charge is 0.128 e. The van der Waals surface area contributed by atoms with Crippen molar-refractivity contribution >= 4 is 5.82 Å². The van der Waals surface area contributed by atoms with Gasteiger partial charge >= 0.3 is 0 Å². The van der Waals surface area contributed by atoms with E-state index in [2.05, 4.69) is 15.0 Å². The summed E-state index contributed by atoms with van der Waals surface area (Å²) >= 11 is 0. The molecule has 0 bridgehead atoms. The summed E-state index contributed by atoms with van der Waals surface area (Å²) in [6, 6.07) is 7.38. The molecular weight excluding hydrogens is 176 g/mol. The van der Waals surface area contributed by atoms with E-state index in [0.29, 0.717) is 11.6 Å². The highest BCUT2D eigenvalue weighted by molar-refractivity contribution is 5.57. The molecule has 2 rings (SSSR count). The average molecular weight is 186 g/mol. The molecule has 0 saturated carbocycles. The minimum atomic E-state index is 0.471. The molecule has 0 unspecified atom stereocenters. The molecule has 0 fully saturated rings. The van der Waals surface area contributed by atoms with Crippen molar-refractivity contribution in [2.75, 3.05) is 5.73 Å². The van der Waals surface area contributed by atoms with Gasteiger partial charge in [-0.25, -0.2) is 9.97 Å². The number of rotatable bonds is 1. The Morgan fingerprint density at radius 3 is 2.64 bits per heavy atom. The normalized spacial score (nSPS) is 10.1. The molecule has 2 aromatic rings. The zero-order chi connectivity index (χ0) is 9.97. The summed E-state index contributed by atoms with van der Waals surface area (Å²) in [6.45, 7) is 1.81. The first-order valence-electron chi connectivity index (χ1n) is 4.28. The second kappa shape index (κ2) is 3.41. The van der Waals surface area contributed by atoms with Gasteiger partial charge in [-0.2, -0.15) is 0 Å². The van der Waals surface area contributed by atoms with Gasteiger partial charge in [0, 0.05) is 12.3 Å². The van der Waals surface area contributed by atoms with E-state index in [0.717, 1.165) is 11.4 Å². The Balaban J connectivity index is 2.52. The van der Waals surface area contributed by atoms with Crippen LogP contribution in [0.15, 0.2) is 30.5 Å². The molecule has 4 heteroatoms. The molecule has 2 N–H and O–H groups in total. The third-order valence-corrected chi connectivity index (χ3v) is 1.79. The highest BCUT2D eigenvalue weighted by Crippen LogP contribution is 2.15. The van der Waals surface area contributed by atoms with Gasteiger partial charge in [0.2, 0.25) is 0 Å². The first-order chi connectivity index (χ1) is 6.75. The largest absolute Gasteiger partial charge is 0.384 e. The predicted molar refractivity (Wildman–Crippen MR) is 54.4 cm³/mol. The molecule has 0 aliphatic rings. The number of nitrogens with two attached hydrogens (primary N) is 1. The van der Waals surface area contributed by atoms with Crippen molar-refractivity contribution in [1.82, 2.24) is 15.0 Å². The van der Waals surface area contributed by atoms with Gasteiger partial charge in [-0.3, -0.25) is 4.98 Å². The van der Waals surface area contributed by atoms with Gasteiger partial charge in [0.05, 0.1) is 11.4 Å². The molecule has 0 radical (unpaired) electrons. The molecule has 0 aromatic carbocycles. The van der Waals surface area contributed by atoms with Crippen LogP contribution in [0.5, 0.6) is 0 Å². The van der Waals surface area contributed by atoms with Gasteiger partial charge in [0.1, 0.15) is 11.6 Å². The molecule has 4 nitrogen and oxygen atoms in total. The number of anilines is 1. The van der Waals surface area contributed by atoms with E-state index in [4.69, 9.17) is 5.73 Å². The summed E-state index contributed by atoms with van der Waals surface area (Å²) in [5.74, 6) is 1.13. The molecule has 0 amide bonds. The van der Waals surface area contributed by atoms with Crippen LogP contribution in [0.1, 0.15) is 5.82 Å². The molecule has 2 aromatic heterocycles. The van der Waals surface area contributed by atoms with E-state index in [-0.39, 0.29) is 0 Å². The zero-order valence-corrected chi connectivity index (χ0v) is 7.81. The quantitative estimate of drug-likeness (QED) is 0.731. The van der Waals surface area contributed by atoms with Crippen LogP contribution in [0.25, 0.3) is 11.4 Å². The number of hydrogen-bond donors (Lipinski definition) is 1. The second-order valence-electron chi connectivity index (χ2n) is 2.94. The molecule has 0 saturated heterocycles. The lowest BCUT2D eigenvalue weighted by Gasteiger charge is -2.01. The molecule has 70 valence electrons. The van der Waals surface area contributed by atoms with E-state index in [9.17, 15) is 0 Å². The molecule has 0 spiro atoms. The third-order valence-electron chi connectivity index (χ3n) is 1.79. The van der Waals surface area contributed by atoms with Crippen molar-refractivity contribution in [3.8, 4) is 11.4 Å². The Hall–Kier alpha value is -1.97. The van der Waals surface area contributed by atoms with Crippen LogP contribution in [0.2, 0.25) is 0 Å². The molecule has 0 aliphatic carbocycles. The van der Waals surface area contributed by atoms with Crippen LogP contribution in [-0.2, 0) is 0 Å². The van der Waals surface area contributed by atoms with Crippen molar-refractivity contribution in [2.24, 2.45) is 0 Å². The average Bonchev–Trinajstić information content (AvgIpc) is 2.18. The monoisotopic (exact) mass is 186 g/mol. The van der Waals surface area contributed by atoms with Gasteiger partial charge in [0.15, 0.2) is 0 Å². The van der Waals surface area contributed by atoms with E-state index in [1.165, 1.54) is 0 Å². The SMILES string of the molecule is Cc1nc(N)cc(-c2ccccn2)n1. The lowest BCUT2D eigenvalue weighted by molar-refractivity contribution is 1.06. The van der Waals surface area contributed by atoms with Gasteiger partial charge in [-0.15, -0.1) is 0 Å². The van der Waals surface area contributed by atoms with Gasteiger partial charge < -0.3 is 5.73 Å². The molecule has 2 heterocycles. The fourth-order valence-electron chi connectivity index (χ4n) is 1.24. The fraction of sp³-hybridized carbons (Fsp3) is 0.100. The first-order valence-corrected chi connectivity index (χ1v) is 4.28. The zero-order valence-electron chi connectivity index (χ0n) is 7.81. The predicted octanol–water partition coefficient (Wildman–Crippen LogP) is 1.43. The van der Waals surface area contributed by atoms with Crippen LogP contribution in [0.3, 0.4) is 0 Å². The molecule has 0 atom stereocenters. The van der Waals surface area contributed by atoms with Crippen molar-refractivity contribution < 1.29 is 0 Å². The summed E-state index contributed by atoms with van der Waals surface area (Å²) < 4.78 is 0. The van der Waals surface area contributed by atoms with Crippen LogP contribution < -0.4 is 5.73 Å². The maximum atomic E-state index is 5.62. The summed E-state index contributed by atoms with van der Waals surface area (Å²) in [5.41, 5.74) is 7.19. The number of aryl methyl sites for hydroxylation is 1. The van der Waals surface area contributed by atoms with Gasteiger partial charge in [-0.05, 0) is 19.1 Å². The number of nitrogen functional groups attached to an aromatic ring is 1. The second-order valence-corrected chi connectivity index (χ2v) is 2.94. The minimum absolute atomic E-state index is 0.471. The fourth-order valence-corrected chi connectivity index (χ4v) is 1.24. The molecule has 0 aliphatic heterocycles.